The largest absolute Gasteiger partial charge is 0.468 e. The third kappa shape index (κ3) is 5.25. The molecule has 2 aliphatic rings. The highest BCUT2D eigenvalue weighted by Crippen LogP contribution is 2.41. The number of ether oxygens (including phenoxy) is 2. The van der Waals surface area contributed by atoms with E-state index in [1.807, 2.05) is 24.3 Å². The Kier molecular flexibility index (Phi) is 7.40. The van der Waals surface area contributed by atoms with Crippen molar-refractivity contribution in [2.75, 3.05) is 36.5 Å². The van der Waals surface area contributed by atoms with E-state index in [-0.39, 0.29) is 45.3 Å². The minimum Gasteiger partial charge on any atom is -0.468 e. The van der Waals surface area contributed by atoms with Gasteiger partial charge in [0.05, 0.1) is 34.1 Å². The molecule has 9 nitrogen and oxygen atoms in total. The maximum Gasteiger partial charge on any atom is 0.325 e. The molecule has 0 spiro atoms. The predicted octanol–water partition coefficient (Wildman–Crippen LogP) is 4.71. The number of esters is 1. The van der Waals surface area contributed by atoms with Gasteiger partial charge in [0.15, 0.2) is 0 Å². The van der Waals surface area contributed by atoms with E-state index in [1.54, 1.807) is 17.0 Å². The molecule has 0 radical (unpaired) electrons. The maximum atomic E-state index is 13.8. The van der Waals surface area contributed by atoms with Crippen molar-refractivity contribution in [1.29, 1.82) is 0 Å². The van der Waals surface area contributed by atoms with Crippen molar-refractivity contribution < 1.29 is 23.9 Å². The zero-order valence-electron chi connectivity index (χ0n) is 20.4. The quantitative estimate of drug-likeness (QED) is 0.422. The van der Waals surface area contributed by atoms with Crippen LogP contribution in [0.1, 0.15) is 33.6 Å². The summed E-state index contributed by atoms with van der Waals surface area (Å²) in [5, 5.41) is 2.52. The third-order valence-corrected chi connectivity index (χ3v) is 6.98. The highest BCUT2D eigenvalue weighted by atomic mass is 35.5. The molecule has 1 fully saturated rings. The number of amides is 2. The predicted molar refractivity (Wildman–Crippen MR) is 144 cm³/mol. The molecule has 196 valence electrons. The van der Waals surface area contributed by atoms with E-state index in [0.717, 1.165) is 30.8 Å². The lowest BCUT2D eigenvalue weighted by atomic mass is 10.1. The van der Waals surface area contributed by atoms with Gasteiger partial charge >= 0.3 is 5.97 Å². The van der Waals surface area contributed by atoms with E-state index in [4.69, 9.17) is 27.9 Å². The van der Waals surface area contributed by atoms with E-state index in [9.17, 15) is 14.4 Å². The van der Waals surface area contributed by atoms with Crippen molar-refractivity contribution in [1.82, 2.24) is 10.3 Å². The highest BCUT2D eigenvalue weighted by molar-refractivity contribution is 6.36. The highest BCUT2D eigenvalue weighted by Gasteiger charge is 2.36. The summed E-state index contributed by atoms with van der Waals surface area (Å²) in [6, 6.07) is 14.4. The van der Waals surface area contributed by atoms with E-state index in [2.05, 4.69) is 19.9 Å². The Morgan fingerprint density at radius 1 is 1.00 bits per heavy atom. The number of benzene rings is 2. The van der Waals surface area contributed by atoms with Crippen LogP contribution in [0, 0.1) is 0 Å². The van der Waals surface area contributed by atoms with Gasteiger partial charge in [0.1, 0.15) is 17.9 Å². The van der Waals surface area contributed by atoms with Crippen molar-refractivity contribution in [3.63, 3.8) is 0 Å². The van der Waals surface area contributed by atoms with Crippen LogP contribution in [0.3, 0.4) is 0 Å². The second-order valence-electron chi connectivity index (χ2n) is 8.85. The Morgan fingerprint density at radius 2 is 1.76 bits per heavy atom. The second-order valence-corrected chi connectivity index (χ2v) is 9.66. The van der Waals surface area contributed by atoms with Gasteiger partial charge in [-0.2, -0.15) is 0 Å². The molecule has 3 aromatic rings. The molecule has 1 aliphatic carbocycles. The average Bonchev–Trinajstić information content (AvgIpc) is 3.78. The lowest BCUT2D eigenvalue weighted by Crippen LogP contribution is -2.45. The first-order chi connectivity index (χ1) is 18.4. The summed E-state index contributed by atoms with van der Waals surface area (Å²) in [6.07, 6.45) is 3.84. The SMILES string of the molecule is COC(=O)CNC(=O)c1cc(Cl)c(Oc2ncccc2C(=O)N2CCN(C3CC3)c3ccccc32)cc1Cl. The topological polar surface area (TPSA) is 101 Å². The van der Waals surface area contributed by atoms with Crippen LogP contribution in [-0.4, -0.2) is 55.6 Å². The first-order valence-electron chi connectivity index (χ1n) is 12.0. The van der Waals surface area contributed by atoms with Crippen molar-refractivity contribution >= 4 is 52.4 Å². The zero-order valence-corrected chi connectivity index (χ0v) is 22.0. The number of pyridine rings is 1. The molecule has 5 rings (SSSR count). The van der Waals surface area contributed by atoms with E-state index < -0.39 is 11.9 Å². The summed E-state index contributed by atoms with van der Waals surface area (Å²) in [5.74, 6) is -1.29. The van der Waals surface area contributed by atoms with Crippen molar-refractivity contribution in [3.05, 3.63) is 75.9 Å². The summed E-state index contributed by atoms with van der Waals surface area (Å²) in [5.41, 5.74) is 2.19. The molecule has 2 amide bonds. The minimum absolute atomic E-state index is 0.0423. The Labute approximate surface area is 229 Å². The van der Waals surface area contributed by atoms with Crippen LogP contribution in [0.15, 0.2) is 54.7 Å². The van der Waals surface area contributed by atoms with E-state index in [1.165, 1.54) is 25.4 Å². The van der Waals surface area contributed by atoms with Gasteiger partial charge in [-0.05, 0) is 43.2 Å². The molecular weight excluding hydrogens is 531 g/mol. The first kappa shape index (κ1) is 25.8. The number of halogens is 2. The number of hydrogen-bond acceptors (Lipinski definition) is 7. The van der Waals surface area contributed by atoms with E-state index >= 15 is 0 Å². The van der Waals surface area contributed by atoms with Gasteiger partial charge in [-0.15, -0.1) is 0 Å². The summed E-state index contributed by atoms with van der Waals surface area (Å²) in [6.45, 7) is 0.951. The fraction of sp³-hybridized carbons (Fsp3) is 0.259. The molecule has 2 heterocycles. The Balaban J connectivity index is 1.39. The van der Waals surface area contributed by atoms with Crippen LogP contribution in [0.2, 0.25) is 10.0 Å². The van der Waals surface area contributed by atoms with Gasteiger partial charge < -0.3 is 24.6 Å². The van der Waals surface area contributed by atoms with Crippen molar-refractivity contribution in [3.8, 4) is 11.6 Å². The number of nitrogens with one attached hydrogen (secondary N) is 1. The van der Waals surface area contributed by atoms with Crippen molar-refractivity contribution in [2.45, 2.75) is 18.9 Å². The normalized spacial score (nSPS) is 14.5. The molecule has 38 heavy (non-hydrogen) atoms. The van der Waals surface area contributed by atoms with Gasteiger partial charge in [-0.1, -0.05) is 35.3 Å². The molecule has 0 bridgehead atoms. The number of fused-ring (bicyclic) bond motifs is 1. The number of nitrogens with zero attached hydrogens (tertiary/aromatic N) is 3. The fourth-order valence-electron chi connectivity index (χ4n) is 4.35. The maximum absolute atomic E-state index is 13.8. The van der Waals surface area contributed by atoms with Crippen LogP contribution >= 0.6 is 23.2 Å². The Morgan fingerprint density at radius 3 is 2.50 bits per heavy atom. The number of hydrogen-bond donors (Lipinski definition) is 1. The summed E-state index contributed by atoms with van der Waals surface area (Å²) >= 11 is 12.7. The molecule has 0 saturated heterocycles. The molecule has 1 N–H and O–H groups in total. The first-order valence-corrected chi connectivity index (χ1v) is 12.8. The number of methoxy groups -OCH3 is 1. The fourth-order valence-corrected chi connectivity index (χ4v) is 4.79. The lowest BCUT2D eigenvalue weighted by Gasteiger charge is -2.38. The standard InChI is InChI=1S/C27H24Cl2N4O5/c1-37-24(34)15-31-25(35)18-13-20(29)23(14-19(18)28)38-26-17(5-4-10-30-26)27(36)33-12-11-32(16-8-9-16)21-6-2-3-7-22(21)33/h2-7,10,13-14,16H,8-9,11-12,15H2,1H3,(H,31,35). The van der Waals surface area contributed by atoms with Crippen LogP contribution in [0.5, 0.6) is 11.6 Å². The van der Waals surface area contributed by atoms with Gasteiger partial charge in [0.2, 0.25) is 5.88 Å². The monoisotopic (exact) mass is 554 g/mol. The molecule has 11 heteroatoms. The average molecular weight is 555 g/mol. The zero-order chi connectivity index (χ0) is 26.8. The number of para-hydroxylation sites is 2. The molecule has 2 aromatic carbocycles. The summed E-state index contributed by atoms with van der Waals surface area (Å²) in [7, 11) is 1.22. The Hall–Kier alpha value is -3.82. The van der Waals surface area contributed by atoms with Gasteiger partial charge in [-0.3, -0.25) is 14.4 Å². The molecule has 1 aliphatic heterocycles. The molecular formula is C27H24Cl2N4O5. The van der Waals surface area contributed by atoms with Crippen LogP contribution in [-0.2, 0) is 9.53 Å². The van der Waals surface area contributed by atoms with Gasteiger partial charge in [0.25, 0.3) is 11.8 Å². The molecule has 0 atom stereocenters. The number of rotatable bonds is 7. The van der Waals surface area contributed by atoms with Crippen molar-refractivity contribution in [2.24, 2.45) is 0 Å². The Bertz CT molecular complexity index is 1410. The summed E-state index contributed by atoms with van der Waals surface area (Å²) in [4.78, 5) is 45.9. The summed E-state index contributed by atoms with van der Waals surface area (Å²) < 4.78 is 10.5. The van der Waals surface area contributed by atoms with Crippen LogP contribution < -0.4 is 19.9 Å². The number of aromatic nitrogens is 1. The lowest BCUT2D eigenvalue weighted by molar-refractivity contribution is -0.139. The van der Waals surface area contributed by atoms with Crippen LogP contribution in [0.25, 0.3) is 0 Å². The molecule has 1 saturated carbocycles. The smallest absolute Gasteiger partial charge is 0.325 e. The van der Waals surface area contributed by atoms with Crippen LogP contribution in [0.4, 0.5) is 11.4 Å². The minimum atomic E-state index is -0.607. The number of carbonyl (C=O) groups is 3. The second kappa shape index (κ2) is 10.9. The van der Waals surface area contributed by atoms with Gasteiger partial charge in [0, 0.05) is 31.4 Å². The van der Waals surface area contributed by atoms with Gasteiger partial charge in [-0.25, -0.2) is 4.98 Å². The molecule has 1 aromatic heterocycles. The number of carbonyl (C=O) groups excluding carboxylic acids is 3. The number of anilines is 2. The third-order valence-electron chi connectivity index (χ3n) is 6.37. The van der Waals surface area contributed by atoms with E-state index in [0.29, 0.717) is 12.6 Å². The molecule has 0 unspecified atom stereocenters.